The van der Waals surface area contributed by atoms with E-state index >= 15 is 0 Å². The lowest BCUT2D eigenvalue weighted by atomic mass is 10.1. The number of rotatable bonds is 6. The van der Waals surface area contributed by atoms with Gasteiger partial charge in [0.05, 0.1) is 10.6 Å². The third-order valence-corrected chi connectivity index (χ3v) is 4.17. The first kappa shape index (κ1) is 15.6. The van der Waals surface area contributed by atoms with Gasteiger partial charge >= 0.3 is 0 Å². The summed E-state index contributed by atoms with van der Waals surface area (Å²) in [6.07, 6.45) is 3.28. The first-order valence-electron chi connectivity index (χ1n) is 6.90. The molecule has 0 unspecified atom stereocenters. The third-order valence-electron chi connectivity index (χ3n) is 3.32. The number of unbranched alkanes of at least 4 members (excludes halogenated alkanes) is 2. The Morgan fingerprint density at radius 1 is 1.10 bits per heavy atom. The minimum Gasteiger partial charge on any atom is -0.506 e. The zero-order valence-electron chi connectivity index (χ0n) is 11.8. The zero-order chi connectivity index (χ0) is 15.5. The van der Waals surface area contributed by atoms with Gasteiger partial charge in [0.2, 0.25) is 0 Å². The van der Waals surface area contributed by atoms with Crippen molar-refractivity contribution in [2.75, 3.05) is 11.9 Å². The number of aromatic hydroxyl groups is 1. The van der Waals surface area contributed by atoms with Crippen LogP contribution in [0.4, 0.5) is 5.69 Å². The van der Waals surface area contributed by atoms with E-state index in [1.807, 2.05) is 0 Å². The highest BCUT2D eigenvalue weighted by Crippen LogP contribution is 2.30. The molecule has 6 heteroatoms. The van der Waals surface area contributed by atoms with E-state index in [2.05, 4.69) is 12.2 Å². The Balaban J connectivity index is 2.29. The summed E-state index contributed by atoms with van der Waals surface area (Å²) in [7, 11) is -4.24. The van der Waals surface area contributed by atoms with Crippen molar-refractivity contribution in [3.05, 3.63) is 30.3 Å². The van der Waals surface area contributed by atoms with E-state index in [0.29, 0.717) is 11.1 Å². The van der Waals surface area contributed by atoms with Crippen LogP contribution in [-0.4, -0.2) is 24.6 Å². The van der Waals surface area contributed by atoms with Crippen LogP contribution in [0.3, 0.4) is 0 Å². The summed E-state index contributed by atoms with van der Waals surface area (Å²) in [4.78, 5) is -0.182. The van der Waals surface area contributed by atoms with Crippen LogP contribution in [0.15, 0.2) is 35.2 Å². The molecule has 0 amide bonds. The number of hydrogen-bond acceptors (Lipinski definition) is 4. The summed E-state index contributed by atoms with van der Waals surface area (Å²) in [6.45, 7) is 2.90. The average molecular weight is 309 g/mol. The zero-order valence-corrected chi connectivity index (χ0v) is 12.7. The highest BCUT2D eigenvalue weighted by Gasteiger charge is 2.11. The van der Waals surface area contributed by atoms with Crippen molar-refractivity contribution in [3.8, 4) is 5.75 Å². The molecule has 0 saturated heterocycles. The fraction of sp³-hybridized carbons (Fsp3) is 0.333. The average Bonchev–Trinajstić information content (AvgIpc) is 2.42. The molecular formula is C15H19NO4S. The molecule has 5 nitrogen and oxygen atoms in total. The van der Waals surface area contributed by atoms with Crippen molar-refractivity contribution in [1.82, 2.24) is 0 Å². The molecular weight excluding hydrogens is 290 g/mol. The quantitative estimate of drug-likeness (QED) is 0.432. The highest BCUT2D eigenvalue weighted by atomic mass is 32.2. The minimum atomic E-state index is -4.24. The summed E-state index contributed by atoms with van der Waals surface area (Å²) in [5, 5.41) is 14.5. The SMILES string of the molecule is CCCCCNc1cc2ccc(S(=O)(=O)O)cc2cc1O. The maximum Gasteiger partial charge on any atom is 0.294 e. The van der Waals surface area contributed by atoms with Gasteiger partial charge in [0, 0.05) is 6.54 Å². The fourth-order valence-electron chi connectivity index (χ4n) is 2.16. The highest BCUT2D eigenvalue weighted by molar-refractivity contribution is 7.85. The molecule has 0 bridgehead atoms. The molecule has 0 radical (unpaired) electrons. The van der Waals surface area contributed by atoms with Crippen molar-refractivity contribution < 1.29 is 18.1 Å². The molecule has 0 aliphatic carbocycles. The molecule has 0 fully saturated rings. The van der Waals surface area contributed by atoms with Gasteiger partial charge in [0.15, 0.2) is 0 Å². The Bertz CT molecular complexity index is 741. The monoisotopic (exact) mass is 309 g/mol. The van der Waals surface area contributed by atoms with Crippen molar-refractivity contribution in [1.29, 1.82) is 0 Å². The van der Waals surface area contributed by atoms with E-state index in [9.17, 15) is 13.5 Å². The van der Waals surface area contributed by atoms with Gasteiger partial charge in [-0.15, -0.1) is 0 Å². The lowest BCUT2D eigenvalue weighted by Gasteiger charge is -2.10. The second-order valence-corrected chi connectivity index (χ2v) is 6.41. The maximum absolute atomic E-state index is 11.1. The summed E-state index contributed by atoms with van der Waals surface area (Å²) in [6, 6.07) is 7.55. The molecule has 21 heavy (non-hydrogen) atoms. The lowest BCUT2D eigenvalue weighted by Crippen LogP contribution is -2.01. The molecule has 0 aromatic heterocycles. The van der Waals surface area contributed by atoms with Crippen LogP contribution >= 0.6 is 0 Å². The molecule has 3 N–H and O–H groups in total. The van der Waals surface area contributed by atoms with Crippen LogP contribution in [0.25, 0.3) is 10.8 Å². The lowest BCUT2D eigenvalue weighted by molar-refractivity contribution is 0.477. The molecule has 0 saturated carbocycles. The van der Waals surface area contributed by atoms with Crippen molar-refractivity contribution in [3.63, 3.8) is 0 Å². The Morgan fingerprint density at radius 3 is 2.52 bits per heavy atom. The van der Waals surface area contributed by atoms with Crippen molar-refractivity contribution in [2.24, 2.45) is 0 Å². The van der Waals surface area contributed by atoms with Crippen LogP contribution in [0.1, 0.15) is 26.2 Å². The number of fused-ring (bicyclic) bond motifs is 1. The summed E-state index contributed by atoms with van der Waals surface area (Å²) in [5.41, 5.74) is 0.623. The second-order valence-electron chi connectivity index (χ2n) is 4.99. The number of hydrogen-bond donors (Lipinski definition) is 3. The third kappa shape index (κ3) is 3.86. The number of benzene rings is 2. The van der Waals surface area contributed by atoms with Gasteiger partial charge in [-0.3, -0.25) is 4.55 Å². The number of anilines is 1. The Labute approximate surface area is 124 Å². The van der Waals surface area contributed by atoms with Crippen LogP contribution in [0.2, 0.25) is 0 Å². The minimum absolute atomic E-state index is 0.0616. The van der Waals surface area contributed by atoms with E-state index < -0.39 is 10.1 Å². The molecule has 2 rings (SSSR count). The number of nitrogens with one attached hydrogen (secondary N) is 1. The molecule has 2 aromatic carbocycles. The van der Waals surface area contributed by atoms with Gasteiger partial charge in [0.1, 0.15) is 5.75 Å². The first-order valence-corrected chi connectivity index (χ1v) is 8.34. The van der Waals surface area contributed by atoms with Crippen molar-refractivity contribution in [2.45, 2.75) is 31.1 Å². The predicted octanol–water partition coefficient (Wildman–Crippen LogP) is 3.39. The second kappa shape index (κ2) is 6.32. The van der Waals surface area contributed by atoms with Gasteiger partial charge in [-0.2, -0.15) is 8.42 Å². The van der Waals surface area contributed by atoms with Gasteiger partial charge in [-0.05, 0) is 41.5 Å². The van der Waals surface area contributed by atoms with Crippen LogP contribution in [0.5, 0.6) is 5.75 Å². The molecule has 0 heterocycles. The maximum atomic E-state index is 11.1. The number of phenols is 1. The predicted molar refractivity (Wildman–Crippen MR) is 83.4 cm³/mol. The molecule has 0 atom stereocenters. The van der Waals surface area contributed by atoms with Crippen LogP contribution < -0.4 is 5.32 Å². The summed E-state index contributed by atoms with van der Waals surface area (Å²) in [5.74, 6) is 0.0616. The molecule has 0 spiro atoms. The molecule has 2 aromatic rings. The topological polar surface area (TPSA) is 86.6 Å². The Kier molecular flexibility index (Phi) is 4.69. The van der Waals surface area contributed by atoms with E-state index in [4.69, 9.17) is 4.55 Å². The van der Waals surface area contributed by atoms with E-state index in [-0.39, 0.29) is 10.6 Å². The van der Waals surface area contributed by atoms with E-state index in [1.165, 1.54) is 18.2 Å². The number of phenolic OH excluding ortho intramolecular Hbond substituents is 1. The Morgan fingerprint density at radius 2 is 1.86 bits per heavy atom. The van der Waals surface area contributed by atoms with E-state index in [1.54, 1.807) is 12.1 Å². The van der Waals surface area contributed by atoms with Crippen LogP contribution in [-0.2, 0) is 10.1 Å². The van der Waals surface area contributed by atoms with Gasteiger partial charge in [0.25, 0.3) is 10.1 Å². The standard InChI is InChI=1S/C15H19NO4S/c1-2-3-4-7-16-14-9-11-5-6-13(21(18,19)20)8-12(11)10-15(14)17/h5-6,8-10,16-17H,2-4,7H2,1H3,(H,18,19,20). The molecule has 0 aliphatic rings. The summed E-state index contributed by atoms with van der Waals surface area (Å²) < 4.78 is 31.3. The van der Waals surface area contributed by atoms with Gasteiger partial charge in [-0.1, -0.05) is 25.8 Å². The molecule has 114 valence electrons. The normalized spacial score (nSPS) is 11.7. The Hall–Kier alpha value is -1.79. The first-order chi connectivity index (χ1) is 9.91. The van der Waals surface area contributed by atoms with E-state index in [0.717, 1.165) is 31.2 Å². The molecule has 0 aliphatic heterocycles. The van der Waals surface area contributed by atoms with Crippen molar-refractivity contribution >= 4 is 26.6 Å². The largest absolute Gasteiger partial charge is 0.506 e. The van der Waals surface area contributed by atoms with Gasteiger partial charge < -0.3 is 10.4 Å². The van der Waals surface area contributed by atoms with Gasteiger partial charge in [-0.25, -0.2) is 0 Å². The van der Waals surface area contributed by atoms with Crippen LogP contribution in [0, 0.1) is 0 Å². The summed E-state index contributed by atoms with van der Waals surface area (Å²) >= 11 is 0. The fourth-order valence-corrected chi connectivity index (χ4v) is 2.68. The smallest absolute Gasteiger partial charge is 0.294 e.